The Balaban J connectivity index is 0.000000208. The molecule has 0 aromatic heterocycles. The maximum Gasteiger partial charge on any atom is 0.237 e. The number of ether oxygens (including phenoxy) is 1. The summed E-state index contributed by atoms with van der Waals surface area (Å²) in [6.07, 6.45) is 6.99. The van der Waals surface area contributed by atoms with E-state index >= 15 is 0 Å². The third kappa shape index (κ3) is 6.90. The average Bonchev–Trinajstić information content (AvgIpc) is 2.89. The number of imide groups is 1. The Kier molecular flexibility index (Phi) is 9.74. The molecule has 0 spiro atoms. The quantitative estimate of drug-likeness (QED) is 0.378. The van der Waals surface area contributed by atoms with E-state index in [2.05, 4.69) is 36.4 Å². The van der Waals surface area contributed by atoms with Crippen molar-refractivity contribution in [3.05, 3.63) is 59.7 Å². The summed E-state index contributed by atoms with van der Waals surface area (Å²) in [5, 5.41) is 13.5. The summed E-state index contributed by atoms with van der Waals surface area (Å²) in [7, 11) is 5.83. The Bertz CT molecular complexity index is 1030. The van der Waals surface area contributed by atoms with E-state index in [1.54, 1.807) is 19.2 Å². The number of nitrogens with one attached hydrogen (secondary N) is 1. The summed E-state index contributed by atoms with van der Waals surface area (Å²) in [4.78, 5) is 25.5. The van der Waals surface area contributed by atoms with E-state index in [1.807, 2.05) is 31.2 Å². The van der Waals surface area contributed by atoms with Crippen LogP contribution in [-0.4, -0.2) is 55.2 Å². The third-order valence-electron chi connectivity index (χ3n) is 7.97. The first kappa shape index (κ1) is 28.7. The number of carbonyl (C=O) groups is 2. The van der Waals surface area contributed by atoms with Crippen molar-refractivity contribution in [2.24, 2.45) is 0 Å². The summed E-state index contributed by atoms with van der Waals surface area (Å²) in [5.74, 6) is 0.659. The lowest BCUT2D eigenvalue weighted by Crippen LogP contribution is -2.51. The van der Waals surface area contributed by atoms with Gasteiger partial charge < -0.3 is 20.5 Å². The van der Waals surface area contributed by atoms with Gasteiger partial charge in [0.2, 0.25) is 11.8 Å². The maximum absolute atomic E-state index is 12.1. The number of piperidine rings is 1. The number of methoxy groups -OCH3 is 1. The lowest BCUT2D eigenvalue weighted by molar-refractivity contribution is -0.138. The number of rotatable bonds is 7. The van der Waals surface area contributed by atoms with Crippen LogP contribution in [0.15, 0.2) is 48.5 Å². The fourth-order valence-corrected chi connectivity index (χ4v) is 5.67. The molecule has 2 unspecified atom stereocenters. The zero-order chi connectivity index (χ0) is 27.1. The van der Waals surface area contributed by atoms with Gasteiger partial charge in [0, 0.05) is 24.6 Å². The van der Waals surface area contributed by atoms with Crippen LogP contribution in [0.25, 0.3) is 0 Å². The van der Waals surface area contributed by atoms with Crippen molar-refractivity contribution >= 4 is 17.5 Å². The van der Waals surface area contributed by atoms with E-state index in [0.717, 1.165) is 43.5 Å². The Labute approximate surface area is 221 Å². The molecule has 7 heteroatoms. The minimum absolute atomic E-state index is 0.170. The average molecular weight is 510 g/mol. The molecule has 2 aliphatic rings. The minimum atomic E-state index is -0.582. The van der Waals surface area contributed by atoms with Crippen LogP contribution in [0.1, 0.15) is 75.3 Å². The van der Waals surface area contributed by atoms with Gasteiger partial charge in [-0.25, -0.2) is 0 Å². The molecule has 1 heterocycles. The summed E-state index contributed by atoms with van der Waals surface area (Å²) >= 11 is 0. The molecular formula is C30H43N3O4. The Hall–Kier alpha value is -2.90. The number of amides is 2. The Morgan fingerprint density at radius 3 is 2.14 bits per heavy atom. The molecule has 0 radical (unpaired) electrons. The minimum Gasteiger partial charge on any atom is -0.497 e. The monoisotopic (exact) mass is 509 g/mol. The van der Waals surface area contributed by atoms with Crippen molar-refractivity contribution < 1.29 is 19.4 Å². The first-order chi connectivity index (χ1) is 17.6. The molecule has 2 atom stereocenters. The molecule has 2 fully saturated rings. The molecule has 4 rings (SSSR count). The molecule has 1 saturated heterocycles. The smallest absolute Gasteiger partial charge is 0.237 e. The highest BCUT2D eigenvalue weighted by Crippen LogP contribution is 2.40. The van der Waals surface area contributed by atoms with Crippen LogP contribution < -0.4 is 15.8 Å². The topological polar surface area (TPSA) is 105 Å². The van der Waals surface area contributed by atoms with Gasteiger partial charge in [-0.2, -0.15) is 0 Å². The molecule has 2 aromatic carbocycles. The zero-order valence-corrected chi connectivity index (χ0v) is 22.8. The number of nitrogens with two attached hydrogens (primary N) is 1. The van der Waals surface area contributed by atoms with E-state index in [0.29, 0.717) is 24.9 Å². The van der Waals surface area contributed by atoms with Crippen molar-refractivity contribution in [1.29, 1.82) is 0 Å². The largest absolute Gasteiger partial charge is 0.497 e. The lowest BCUT2D eigenvalue weighted by Gasteiger charge is -2.40. The van der Waals surface area contributed by atoms with Crippen LogP contribution in [0.2, 0.25) is 0 Å². The molecule has 1 aliphatic heterocycles. The van der Waals surface area contributed by atoms with E-state index in [1.165, 1.54) is 12.0 Å². The van der Waals surface area contributed by atoms with Gasteiger partial charge in [-0.05, 0) is 75.2 Å². The van der Waals surface area contributed by atoms with Gasteiger partial charge in [0.25, 0.3) is 0 Å². The second-order valence-electron chi connectivity index (χ2n) is 10.7. The summed E-state index contributed by atoms with van der Waals surface area (Å²) in [5.41, 5.74) is 7.32. The normalized spacial score (nSPS) is 22.0. The number of anilines is 1. The maximum atomic E-state index is 12.1. The Morgan fingerprint density at radius 2 is 1.62 bits per heavy atom. The standard InChI is InChI=1S/C17H27NO2.C13H16N2O2/c1-18(2)13-16(17(19)11-5-4-6-12-17)14-7-9-15(20-3)10-8-14;1-2-13(8-7-11(16)15-12(13)17)9-3-5-10(14)6-4-9/h7-10,16,19H,4-6,11-13H2,1-3H3;3-6H,2,7-8,14H2,1H3,(H,15,16,17). The number of hydrogen-bond donors (Lipinski definition) is 3. The van der Waals surface area contributed by atoms with Crippen molar-refractivity contribution in [1.82, 2.24) is 10.2 Å². The lowest BCUT2D eigenvalue weighted by atomic mass is 9.72. The van der Waals surface area contributed by atoms with Crippen LogP contribution in [-0.2, 0) is 15.0 Å². The van der Waals surface area contributed by atoms with Crippen LogP contribution in [0.3, 0.4) is 0 Å². The third-order valence-corrected chi connectivity index (χ3v) is 7.97. The van der Waals surface area contributed by atoms with Gasteiger partial charge >= 0.3 is 0 Å². The van der Waals surface area contributed by atoms with Crippen molar-refractivity contribution in [2.45, 2.75) is 75.2 Å². The number of nitrogen functional groups attached to an aromatic ring is 1. The van der Waals surface area contributed by atoms with Gasteiger partial charge in [-0.15, -0.1) is 0 Å². The van der Waals surface area contributed by atoms with Gasteiger partial charge in [-0.1, -0.05) is 50.5 Å². The second-order valence-corrected chi connectivity index (χ2v) is 10.7. The number of hydrogen-bond acceptors (Lipinski definition) is 6. The molecular weight excluding hydrogens is 466 g/mol. The highest BCUT2D eigenvalue weighted by molar-refractivity contribution is 6.03. The Morgan fingerprint density at radius 1 is 1.00 bits per heavy atom. The van der Waals surface area contributed by atoms with Crippen LogP contribution in [0, 0.1) is 0 Å². The van der Waals surface area contributed by atoms with Crippen LogP contribution >= 0.6 is 0 Å². The molecule has 0 bridgehead atoms. The van der Waals surface area contributed by atoms with Gasteiger partial charge in [-0.3, -0.25) is 14.9 Å². The summed E-state index contributed by atoms with van der Waals surface area (Å²) < 4.78 is 5.23. The number of benzene rings is 2. The van der Waals surface area contributed by atoms with Crippen LogP contribution in [0.5, 0.6) is 5.75 Å². The summed E-state index contributed by atoms with van der Waals surface area (Å²) in [6, 6.07) is 15.5. The number of carbonyl (C=O) groups excluding carboxylic acids is 2. The molecule has 1 aliphatic carbocycles. The number of nitrogens with zero attached hydrogens (tertiary/aromatic N) is 1. The van der Waals surface area contributed by atoms with Gasteiger partial charge in [0.1, 0.15) is 5.75 Å². The zero-order valence-electron chi connectivity index (χ0n) is 22.8. The predicted molar refractivity (Wildman–Crippen MR) is 148 cm³/mol. The van der Waals surface area contributed by atoms with E-state index in [9.17, 15) is 14.7 Å². The molecule has 202 valence electrons. The molecule has 37 heavy (non-hydrogen) atoms. The second kappa shape index (κ2) is 12.6. The molecule has 1 saturated carbocycles. The number of likely N-dealkylation sites (N-methyl/N-ethyl adjacent to an activating group) is 1. The van der Waals surface area contributed by atoms with Crippen LogP contribution in [0.4, 0.5) is 5.69 Å². The molecule has 2 amide bonds. The molecule has 4 N–H and O–H groups in total. The predicted octanol–water partition coefficient (Wildman–Crippen LogP) is 4.39. The highest BCUT2D eigenvalue weighted by atomic mass is 16.5. The van der Waals surface area contributed by atoms with E-state index in [4.69, 9.17) is 10.5 Å². The fourth-order valence-electron chi connectivity index (χ4n) is 5.67. The van der Waals surface area contributed by atoms with Crippen molar-refractivity contribution in [3.8, 4) is 5.75 Å². The van der Waals surface area contributed by atoms with E-state index in [-0.39, 0.29) is 17.7 Å². The summed E-state index contributed by atoms with van der Waals surface area (Å²) in [6.45, 7) is 2.84. The first-order valence-electron chi connectivity index (χ1n) is 13.3. The fraction of sp³-hybridized carbons (Fsp3) is 0.533. The highest BCUT2D eigenvalue weighted by Gasteiger charge is 2.42. The van der Waals surface area contributed by atoms with Crippen molar-refractivity contribution in [2.75, 3.05) is 33.5 Å². The molecule has 2 aromatic rings. The molecule has 7 nitrogen and oxygen atoms in total. The van der Waals surface area contributed by atoms with Crippen molar-refractivity contribution in [3.63, 3.8) is 0 Å². The van der Waals surface area contributed by atoms with Gasteiger partial charge in [0.05, 0.1) is 18.1 Å². The number of aliphatic hydroxyl groups is 1. The first-order valence-corrected chi connectivity index (χ1v) is 13.3. The van der Waals surface area contributed by atoms with Gasteiger partial charge in [0.15, 0.2) is 0 Å². The van der Waals surface area contributed by atoms with E-state index < -0.39 is 11.0 Å². The SMILES string of the molecule is CCC1(c2ccc(N)cc2)CCC(=O)NC1=O.COc1ccc(C(CN(C)C)C2(O)CCCCC2)cc1.